The minimum atomic E-state index is -0.249. The molecule has 58 valence electrons. The van der Waals surface area contributed by atoms with E-state index in [9.17, 15) is 5.11 Å². The monoisotopic (exact) mass is 212 g/mol. The van der Waals surface area contributed by atoms with Gasteiger partial charge in [0.15, 0.2) is 0 Å². The predicted octanol–water partition coefficient (Wildman–Crippen LogP) is 2.43. The first-order valence-corrected chi connectivity index (χ1v) is 4.53. The highest BCUT2D eigenvalue weighted by atomic mass is 79.9. The summed E-state index contributed by atoms with van der Waals surface area (Å²) in [5, 5.41) is 9.53. The van der Waals surface area contributed by atoms with Gasteiger partial charge in [-0.15, -0.1) is 0 Å². The highest BCUT2D eigenvalue weighted by molar-refractivity contribution is 9.10. The molecule has 2 heteroatoms. The Balaban J connectivity index is 2.58. The van der Waals surface area contributed by atoms with Crippen LogP contribution in [0.15, 0.2) is 22.7 Å². The van der Waals surface area contributed by atoms with Crippen LogP contribution in [0.2, 0.25) is 0 Å². The first kappa shape index (κ1) is 7.32. The Kier molecular flexibility index (Phi) is 1.74. The summed E-state index contributed by atoms with van der Waals surface area (Å²) in [6.45, 7) is 0. The van der Waals surface area contributed by atoms with Crippen molar-refractivity contribution in [1.29, 1.82) is 0 Å². The van der Waals surface area contributed by atoms with Gasteiger partial charge >= 0.3 is 0 Å². The number of fused-ring (bicyclic) bond motifs is 1. The number of rotatable bonds is 0. The van der Waals surface area contributed by atoms with Gasteiger partial charge in [0.05, 0.1) is 6.10 Å². The smallest absolute Gasteiger partial charge is 0.0806 e. The summed E-state index contributed by atoms with van der Waals surface area (Å²) >= 11 is 3.43. The summed E-state index contributed by atoms with van der Waals surface area (Å²) in [6.07, 6.45) is 1.63. The number of benzene rings is 1. The molecule has 0 aliphatic heterocycles. The van der Waals surface area contributed by atoms with Gasteiger partial charge in [0, 0.05) is 4.47 Å². The zero-order chi connectivity index (χ0) is 7.84. The van der Waals surface area contributed by atoms with Crippen molar-refractivity contribution in [3.8, 4) is 0 Å². The molecule has 0 aromatic heterocycles. The highest BCUT2D eigenvalue weighted by Crippen LogP contribution is 2.35. The summed E-state index contributed by atoms with van der Waals surface area (Å²) in [5.41, 5.74) is 2.37. The van der Waals surface area contributed by atoms with Crippen LogP contribution in [-0.4, -0.2) is 5.11 Å². The molecule has 1 aromatic carbocycles. The van der Waals surface area contributed by atoms with Crippen LogP contribution in [0.3, 0.4) is 0 Å². The maximum Gasteiger partial charge on any atom is 0.0806 e. The molecule has 0 spiro atoms. The van der Waals surface area contributed by atoms with Gasteiger partial charge in [-0.25, -0.2) is 0 Å². The van der Waals surface area contributed by atoms with Crippen LogP contribution in [0.5, 0.6) is 0 Å². The standard InChI is InChI=1S/C9H9BrO/c10-7-3-1-2-6-4-5-8(11)9(6)7/h1-3,8,11H,4-5H2/t8-/m1/s1. The third kappa shape index (κ3) is 1.10. The van der Waals surface area contributed by atoms with Crippen LogP contribution >= 0.6 is 15.9 Å². The maximum atomic E-state index is 9.53. The van der Waals surface area contributed by atoms with Crippen molar-refractivity contribution < 1.29 is 5.11 Å². The van der Waals surface area contributed by atoms with Crippen molar-refractivity contribution in [2.75, 3.05) is 0 Å². The Morgan fingerprint density at radius 2 is 2.27 bits per heavy atom. The third-order valence-electron chi connectivity index (χ3n) is 2.16. The van der Waals surface area contributed by atoms with Crippen LogP contribution in [0.4, 0.5) is 0 Å². The lowest BCUT2D eigenvalue weighted by atomic mass is 10.1. The second kappa shape index (κ2) is 2.61. The fourth-order valence-corrected chi connectivity index (χ4v) is 2.28. The van der Waals surface area contributed by atoms with E-state index in [0.29, 0.717) is 0 Å². The molecule has 0 heterocycles. The minimum absolute atomic E-state index is 0.249. The topological polar surface area (TPSA) is 20.2 Å². The Morgan fingerprint density at radius 3 is 3.00 bits per heavy atom. The summed E-state index contributed by atoms with van der Waals surface area (Å²) in [7, 11) is 0. The predicted molar refractivity (Wildman–Crippen MR) is 47.4 cm³/mol. The molecule has 0 unspecified atom stereocenters. The lowest BCUT2D eigenvalue weighted by Crippen LogP contribution is -1.90. The number of aryl methyl sites for hydroxylation is 1. The van der Waals surface area contributed by atoms with Crippen molar-refractivity contribution in [2.24, 2.45) is 0 Å². The van der Waals surface area contributed by atoms with Gasteiger partial charge in [-0.2, -0.15) is 0 Å². The molecule has 1 aromatic rings. The molecular weight excluding hydrogens is 204 g/mol. The molecule has 11 heavy (non-hydrogen) atoms. The van der Waals surface area contributed by atoms with E-state index in [4.69, 9.17) is 0 Å². The molecule has 1 N–H and O–H groups in total. The summed E-state index contributed by atoms with van der Waals surface area (Å²) in [5.74, 6) is 0. The van der Waals surface area contributed by atoms with E-state index in [1.807, 2.05) is 12.1 Å². The van der Waals surface area contributed by atoms with Gasteiger partial charge in [-0.05, 0) is 30.0 Å². The molecule has 0 bridgehead atoms. The second-order valence-corrected chi connectivity index (χ2v) is 3.72. The quantitative estimate of drug-likeness (QED) is 0.701. The largest absolute Gasteiger partial charge is 0.388 e. The van der Waals surface area contributed by atoms with Gasteiger partial charge < -0.3 is 5.11 Å². The van der Waals surface area contributed by atoms with Crippen molar-refractivity contribution in [3.05, 3.63) is 33.8 Å². The lowest BCUT2D eigenvalue weighted by molar-refractivity contribution is 0.179. The molecule has 1 aliphatic rings. The van der Waals surface area contributed by atoms with Crippen LogP contribution in [0.1, 0.15) is 23.7 Å². The molecule has 1 nitrogen and oxygen atoms in total. The summed E-state index contributed by atoms with van der Waals surface area (Å²) in [4.78, 5) is 0. The number of halogens is 1. The number of aliphatic hydroxyl groups excluding tert-OH is 1. The number of hydrogen-bond acceptors (Lipinski definition) is 1. The van der Waals surface area contributed by atoms with Crippen molar-refractivity contribution in [2.45, 2.75) is 18.9 Å². The van der Waals surface area contributed by atoms with Crippen LogP contribution in [0.25, 0.3) is 0 Å². The van der Waals surface area contributed by atoms with Crippen LogP contribution in [-0.2, 0) is 6.42 Å². The van der Waals surface area contributed by atoms with E-state index in [0.717, 1.165) is 22.9 Å². The van der Waals surface area contributed by atoms with Gasteiger partial charge in [0.2, 0.25) is 0 Å². The normalized spacial score (nSPS) is 21.8. The minimum Gasteiger partial charge on any atom is -0.388 e. The average molecular weight is 213 g/mol. The second-order valence-electron chi connectivity index (χ2n) is 2.87. The molecule has 2 rings (SSSR count). The van der Waals surface area contributed by atoms with E-state index in [-0.39, 0.29) is 6.10 Å². The van der Waals surface area contributed by atoms with Crippen molar-refractivity contribution >= 4 is 15.9 Å². The first-order chi connectivity index (χ1) is 5.29. The van der Waals surface area contributed by atoms with Gasteiger partial charge in [-0.1, -0.05) is 28.1 Å². The van der Waals surface area contributed by atoms with Crippen molar-refractivity contribution in [3.63, 3.8) is 0 Å². The van der Waals surface area contributed by atoms with Crippen LogP contribution < -0.4 is 0 Å². The fraction of sp³-hybridized carbons (Fsp3) is 0.333. The molecule has 0 saturated heterocycles. The Hall–Kier alpha value is -0.340. The molecule has 0 radical (unpaired) electrons. The van der Waals surface area contributed by atoms with Gasteiger partial charge in [0.1, 0.15) is 0 Å². The van der Waals surface area contributed by atoms with Crippen molar-refractivity contribution in [1.82, 2.24) is 0 Å². The molecule has 0 fully saturated rings. The summed E-state index contributed by atoms with van der Waals surface area (Å²) < 4.78 is 1.04. The van der Waals surface area contributed by atoms with Gasteiger partial charge in [-0.3, -0.25) is 0 Å². The Morgan fingerprint density at radius 1 is 1.45 bits per heavy atom. The molecule has 1 aliphatic carbocycles. The van der Waals surface area contributed by atoms with E-state index >= 15 is 0 Å². The summed E-state index contributed by atoms with van der Waals surface area (Å²) in [6, 6.07) is 6.07. The maximum absolute atomic E-state index is 9.53. The Labute approximate surface area is 74.2 Å². The molecule has 0 saturated carbocycles. The third-order valence-corrected chi connectivity index (χ3v) is 2.86. The Bertz CT molecular complexity index is 283. The average Bonchev–Trinajstić information content (AvgIpc) is 2.34. The van der Waals surface area contributed by atoms with Gasteiger partial charge in [0.25, 0.3) is 0 Å². The fourth-order valence-electron chi connectivity index (χ4n) is 1.61. The number of hydrogen-bond donors (Lipinski definition) is 1. The molecule has 1 atom stereocenters. The number of aliphatic hydroxyl groups is 1. The SMILES string of the molecule is O[C@@H]1CCc2cccc(Br)c21. The zero-order valence-corrected chi connectivity index (χ0v) is 7.63. The molecular formula is C9H9BrO. The molecule has 0 amide bonds. The highest BCUT2D eigenvalue weighted by Gasteiger charge is 2.21. The first-order valence-electron chi connectivity index (χ1n) is 3.74. The van der Waals surface area contributed by atoms with E-state index in [2.05, 4.69) is 22.0 Å². The van der Waals surface area contributed by atoms with E-state index in [1.165, 1.54) is 5.56 Å². The van der Waals surface area contributed by atoms with E-state index in [1.54, 1.807) is 0 Å². The lowest BCUT2D eigenvalue weighted by Gasteiger charge is -2.05. The van der Waals surface area contributed by atoms with Crippen LogP contribution in [0, 0.1) is 0 Å². The zero-order valence-electron chi connectivity index (χ0n) is 6.05. The van der Waals surface area contributed by atoms with E-state index < -0.39 is 0 Å².